The molecule has 1 aliphatic heterocycles. The van der Waals surface area contributed by atoms with E-state index in [0.29, 0.717) is 6.04 Å². The number of nitrogens with one attached hydrogen (secondary N) is 1. The van der Waals surface area contributed by atoms with Gasteiger partial charge in [-0.15, -0.1) is 0 Å². The minimum absolute atomic E-state index is 0.124. The summed E-state index contributed by atoms with van der Waals surface area (Å²) in [5.74, 6) is 1.47. The highest BCUT2D eigenvalue weighted by Crippen LogP contribution is 2.30. The van der Waals surface area contributed by atoms with Crippen LogP contribution >= 0.6 is 0 Å². The topological polar surface area (TPSA) is 46.6 Å². The fraction of sp³-hybridized carbons (Fsp3) is 0.667. The average molecular weight is 279 g/mol. The molecule has 1 aromatic rings. The smallest absolute Gasteiger partial charge is 0.183 e. The zero-order chi connectivity index (χ0) is 14.8. The van der Waals surface area contributed by atoms with Crippen LogP contribution in [0.25, 0.3) is 0 Å². The van der Waals surface area contributed by atoms with Crippen LogP contribution in [-0.2, 0) is 6.54 Å². The molecule has 1 aromatic heterocycles. The Labute approximate surface area is 121 Å². The van der Waals surface area contributed by atoms with Crippen molar-refractivity contribution in [2.24, 2.45) is 0 Å². The van der Waals surface area contributed by atoms with E-state index >= 15 is 0 Å². The Kier molecular flexibility index (Phi) is 4.50. The molecule has 0 aliphatic carbocycles. The Morgan fingerprint density at radius 1 is 1.40 bits per heavy atom. The van der Waals surface area contributed by atoms with E-state index in [4.69, 9.17) is 9.47 Å². The van der Waals surface area contributed by atoms with Gasteiger partial charge in [0.05, 0.1) is 14.2 Å². The van der Waals surface area contributed by atoms with Gasteiger partial charge in [0.2, 0.25) is 0 Å². The molecule has 1 fully saturated rings. The zero-order valence-corrected chi connectivity index (χ0v) is 13.1. The molecule has 20 heavy (non-hydrogen) atoms. The van der Waals surface area contributed by atoms with Crippen molar-refractivity contribution in [1.82, 2.24) is 15.2 Å². The van der Waals surface area contributed by atoms with Crippen LogP contribution in [0.3, 0.4) is 0 Å². The van der Waals surface area contributed by atoms with Crippen LogP contribution in [0, 0.1) is 0 Å². The number of methoxy groups -OCH3 is 2. The SMILES string of the molecule is COc1ccnc(CN2CC(C)(C)NCC2C)c1OC. The first-order valence-electron chi connectivity index (χ1n) is 7.02. The molecular formula is C15H25N3O2. The molecule has 0 amide bonds. The lowest BCUT2D eigenvalue weighted by molar-refractivity contribution is 0.0954. The molecule has 2 heterocycles. The molecule has 5 nitrogen and oxygen atoms in total. The molecule has 0 saturated carbocycles. The summed E-state index contributed by atoms with van der Waals surface area (Å²) in [6, 6.07) is 2.30. The lowest BCUT2D eigenvalue weighted by atomic mass is 9.99. The molecule has 112 valence electrons. The summed E-state index contributed by atoms with van der Waals surface area (Å²) < 4.78 is 10.8. The van der Waals surface area contributed by atoms with E-state index < -0.39 is 0 Å². The third kappa shape index (κ3) is 3.22. The second kappa shape index (κ2) is 5.97. The average Bonchev–Trinajstić information content (AvgIpc) is 2.42. The van der Waals surface area contributed by atoms with Gasteiger partial charge in [-0.2, -0.15) is 0 Å². The largest absolute Gasteiger partial charge is 0.493 e. The third-order valence-electron chi connectivity index (χ3n) is 3.82. The van der Waals surface area contributed by atoms with Gasteiger partial charge in [-0.3, -0.25) is 9.88 Å². The highest BCUT2D eigenvalue weighted by atomic mass is 16.5. The van der Waals surface area contributed by atoms with Gasteiger partial charge in [0.1, 0.15) is 5.69 Å². The Bertz CT molecular complexity index is 462. The quantitative estimate of drug-likeness (QED) is 0.908. The van der Waals surface area contributed by atoms with E-state index in [1.165, 1.54) is 0 Å². The number of aromatic nitrogens is 1. The number of hydrogen-bond acceptors (Lipinski definition) is 5. The molecule has 0 aromatic carbocycles. The van der Waals surface area contributed by atoms with Crippen LogP contribution in [0.2, 0.25) is 0 Å². The fourth-order valence-corrected chi connectivity index (χ4v) is 2.64. The molecule has 1 aliphatic rings. The Hall–Kier alpha value is -1.33. The summed E-state index contributed by atoms with van der Waals surface area (Å²) in [6.07, 6.45) is 1.77. The maximum absolute atomic E-state index is 5.47. The van der Waals surface area contributed by atoms with Gasteiger partial charge in [-0.1, -0.05) is 0 Å². The molecule has 2 rings (SSSR count). The number of rotatable bonds is 4. The number of hydrogen-bond donors (Lipinski definition) is 1. The van der Waals surface area contributed by atoms with Gasteiger partial charge in [-0.05, 0) is 20.8 Å². The van der Waals surface area contributed by atoms with Gasteiger partial charge in [0.15, 0.2) is 11.5 Å². The lowest BCUT2D eigenvalue weighted by Crippen LogP contribution is -2.60. The standard InChI is InChI=1S/C15H25N3O2/c1-11-8-17-15(2,3)10-18(11)9-12-14(20-5)13(19-4)6-7-16-12/h6-7,11,17H,8-10H2,1-5H3. The van der Waals surface area contributed by atoms with E-state index in [9.17, 15) is 0 Å². The predicted molar refractivity (Wildman–Crippen MR) is 79.3 cm³/mol. The van der Waals surface area contributed by atoms with Crippen LogP contribution in [0.1, 0.15) is 26.5 Å². The van der Waals surface area contributed by atoms with Crippen LogP contribution < -0.4 is 14.8 Å². The molecule has 1 atom stereocenters. The summed E-state index contributed by atoms with van der Waals surface area (Å²) in [6.45, 7) is 9.42. The summed E-state index contributed by atoms with van der Waals surface area (Å²) in [5.41, 5.74) is 1.05. The van der Waals surface area contributed by atoms with Gasteiger partial charge < -0.3 is 14.8 Å². The maximum Gasteiger partial charge on any atom is 0.183 e. The minimum Gasteiger partial charge on any atom is -0.493 e. The number of ether oxygens (including phenoxy) is 2. The summed E-state index contributed by atoms with van der Waals surface area (Å²) in [4.78, 5) is 6.90. The highest BCUT2D eigenvalue weighted by Gasteiger charge is 2.31. The Balaban J connectivity index is 2.20. The van der Waals surface area contributed by atoms with Gasteiger partial charge in [0.25, 0.3) is 0 Å². The molecule has 0 bridgehead atoms. The lowest BCUT2D eigenvalue weighted by Gasteiger charge is -2.43. The first kappa shape index (κ1) is 15.1. The third-order valence-corrected chi connectivity index (χ3v) is 3.82. The summed E-state index contributed by atoms with van der Waals surface area (Å²) >= 11 is 0. The van der Waals surface area contributed by atoms with Crippen molar-refractivity contribution < 1.29 is 9.47 Å². The van der Waals surface area contributed by atoms with Crippen LogP contribution in [0.5, 0.6) is 11.5 Å². The van der Waals surface area contributed by atoms with E-state index in [2.05, 4.69) is 36.0 Å². The van der Waals surface area contributed by atoms with E-state index in [1.807, 2.05) is 6.07 Å². The van der Waals surface area contributed by atoms with Gasteiger partial charge in [0, 0.05) is 43.5 Å². The van der Waals surface area contributed by atoms with Crippen molar-refractivity contribution in [3.8, 4) is 11.5 Å². The van der Waals surface area contributed by atoms with E-state index in [0.717, 1.165) is 36.8 Å². The van der Waals surface area contributed by atoms with Crippen molar-refractivity contribution in [1.29, 1.82) is 0 Å². The normalized spacial score (nSPS) is 22.6. The monoisotopic (exact) mass is 279 g/mol. The van der Waals surface area contributed by atoms with Crippen molar-refractivity contribution in [2.45, 2.75) is 38.9 Å². The maximum atomic E-state index is 5.47. The second-order valence-corrected chi connectivity index (χ2v) is 6.01. The Morgan fingerprint density at radius 2 is 2.15 bits per heavy atom. The van der Waals surface area contributed by atoms with Crippen LogP contribution in [0.4, 0.5) is 0 Å². The number of nitrogens with zero attached hydrogens (tertiary/aromatic N) is 2. The van der Waals surface area contributed by atoms with Gasteiger partial charge >= 0.3 is 0 Å². The number of pyridine rings is 1. The molecule has 0 radical (unpaired) electrons. The van der Waals surface area contributed by atoms with Crippen LogP contribution in [0.15, 0.2) is 12.3 Å². The van der Waals surface area contributed by atoms with Gasteiger partial charge in [-0.25, -0.2) is 0 Å². The molecular weight excluding hydrogens is 254 g/mol. The first-order valence-corrected chi connectivity index (χ1v) is 7.02. The molecule has 0 spiro atoms. The van der Waals surface area contributed by atoms with E-state index in [-0.39, 0.29) is 5.54 Å². The van der Waals surface area contributed by atoms with Crippen molar-refractivity contribution in [3.05, 3.63) is 18.0 Å². The number of piperazine rings is 1. The molecule has 1 unspecified atom stereocenters. The first-order chi connectivity index (χ1) is 9.46. The zero-order valence-electron chi connectivity index (χ0n) is 13.1. The fourth-order valence-electron chi connectivity index (χ4n) is 2.64. The van der Waals surface area contributed by atoms with Crippen molar-refractivity contribution in [2.75, 3.05) is 27.3 Å². The molecule has 1 N–H and O–H groups in total. The molecule has 1 saturated heterocycles. The highest BCUT2D eigenvalue weighted by molar-refractivity contribution is 5.42. The summed E-state index contributed by atoms with van der Waals surface area (Å²) in [7, 11) is 3.31. The predicted octanol–water partition coefficient (Wildman–Crippen LogP) is 1.67. The van der Waals surface area contributed by atoms with Crippen LogP contribution in [-0.4, -0.2) is 48.8 Å². The minimum atomic E-state index is 0.124. The Morgan fingerprint density at radius 3 is 2.80 bits per heavy atom. The van der Waals surface area contributed by atoms with E-state index in [1.54, 1.807) is 20.4 Å². The van der Waals surface area contributed by atoms with Crippen molar-refractivity contribution in [3.63, 3.8) is 0 Å². The summed E-state index contributed by atoms with van der Waals surface area (Å²) in [5, 5.41) is 3.56. The van der Waals surface area contributed by atoms with Crippen molar-refractivity contribution >= 4 is 0 Å². The molecule has 5 heteroatoms. The second-order valence-electron chi connectivity index (χ2n) is 6.01.